The summed E-state index contributed by atoms with van der Waals surface area (Å²) >= 11 is 0. The van der Waals surface area contributed by atoms with Crippen LogP contribution in [0.3, 0.4) is 0 Å². The van der Waals surface area contributed by atoms with Crippen LogP contribution in [0.5, 0.6) is 0 Å². The van der Waals surface area contributed by atoms with Crippen LogP contribution in [-0.4, -0.2) is 35.7 Å². The number of hydrogen-bond acceptors (Lipinski definition) is 4. The molecule has 0 aromatic heterocycles. The zero-order valence-electron chi connectivity index (χ0n) is 11.3. The summed E-state index contributed by atoms with van der Waals surface area (Å²) in [7, 11) is -7.04. The predicted molar refractivity (Wildman–Crippen MR) is 74.6 cm³/mol. The highest BCUT2D eigenvalue weighted by atomic mass is 28.5. The molecule has 96 valence electrons. The lowest BCUT2D eigenvalue weighted by atomic mass is 10.9. The Bertz CT molecular complexity index is 242. The van der Waals surface area contributed by atoms with Crippen LogP contribution < -0.4 is 0 Å². The van der Waals surface area contributed by atoms with Gasteiger partial charge in [-0.15, -0.1) is 0 Å². The Labute approximate surface area is 104 Å². The fourth-order valence-corrected chi connectivity index (χ4v) is 18.4. The van der Waals surface area contributed by atoms with Crippen molar-refractivity contribution in [1.82, 2.24) is 0 Å². The van der Waals surface area contributed by atoms with Crippen LogP contribution in [0.2, 0.25) is 38.3 Å². The highest BCUT2D eigenvalue weighted by Gasteiger charge is 2.47. The maximum atomic E-state index is 6.32. The first kappa shape index (κ1) is 14.8. The van der Waals surface area contributed by atoms with E-state index < -0.39 is 35.7 Å². The second kappa shape index (κ2) is 5.14. The van der Waals surface area contributed by atoms with Gasteiger partial charge in [-0.3, -0.25) is 0 Å². The van der Waals surface area contributed by atoms with Crippen LogP contribution in [0.15, 0.2) is 0 Å². The van der Waals surface area contributed by atoms with Crippen molar-refractivity contribution in [3.8, 4) is 0 Å². The minimum atomic E-state index is -2.09. The van der Waals surface area contributed by atoms with Gasteiger partial charge in [-0.2, -0.15) is 0 Å². The maximum Gasteiger partial charge on any atom is 0.319 e. The van der Waals surface area contributed by atoms with Crippen LogP contribution >= 0.6 is 0 Å². The zero-order valence-corrected chi connectivity index (χ0v) is 15.7. The van der Waals surface area contributed by atoms with Crippen LogP contribution in [0.1, 0.15) is 13.8 Å². The normalized spacial score (nSPS) is 29.6. The average molecular weight is 297 g/mol. The molecule has 1 aliphatic rings. The summed E-state index contributed by atoms with van der Waals surface area (Å²) in [4.78, 5) is 0. The summed E-state index contributed by atoms with van der Waals surface area (Å²) in [6, 6.07) is 1.98. The molecule has 4 nitrogen and oxygen atoms in total. The minimum Gasteiger partial charge on any atom is -0.420 e. The zero-order chi connectivity index (χ0) is 12.4. The van der Waals surface area contributed by atoms with Gasteiger partial charge in [0.15, 0.2) is 0 Å². The topological polar surface area (TPSA) is 36.9 Å². The fourth-order valence-electron chi connectivity index (χ4n) is 2.00. The summed E-state index contributed by atoms with van der Waals surface area (Å²) < 4.78 is 24.4. The summed E-state index contributed by atoms with van der Waals surface area (Å²) in [6.45, 7) is 12.7. The van der Waals surface area contributed by atoms with Crippen LogP contribution in [0.25, 0.3) is 0 Å². The van der Waals surface area contributed by atoms with E-state index in [0.717, 1.165) is 12.1 Å². The molecule has 0 saturated carbocycles. The van der Waals surface area contributed by atoms with Gasteiger partial charge in [0.25, 0.3) is 10.0 Å². The molecule has 0 unspecified atom stereocenters. The van der Waals surface area contributed by atoms with E-state index in [-0.39, 0.29) is 0 Å². The molecule has 0 radical (unpaired) electrons. The molecular weight excluding hydrogens is 272 g/mol. The largest absolute Gasteiger partial charge is 0.420 e. The molecule has 0 bridgehead atoms. The minimum absolute atomic E-state index is 0.932. The van der Waals surface area contributed by atoms with Gasteiger partial charge in [0.2, 0.25) is 0 Å². The molecule has 0 N–H and O–H groups in total. The lowest BCUT2D eigenvalue weighted by Crippen LogP contribution is -2.60. The Balaban J connectivity index is 2.85. The van der Waals surface area contributed by atoms with E-state index in [1.165, 1.54) is 0 Å². The SMILES string of the molecule is CC[Si]1(CC)O[SiH2]O[Si](C)(C)O[Si](C)(C)O1. The molecule has 1 aliphatic heterocycles. The molecule has 1 rings (SSSR count). The highest BCUT2D eigenvalue weighted by Crippen LogP contribution is 2.28. The molecule has 1 saturated heterocycles. The monoisotopic (exact) mass is 296 g/mol. The van der Waals surface area contributed by atoms with Crippen molar-refractivity contribution in [2.45, 2.75) is 52.1 Å². The van der Waals surface area contributed by atoms with Crippen molar-refractivity contribution in [2.75, 3.05) is 0 Å². The molecule has 0 atom stereocenters. The van der Waals surface area contributed by atoms with E-state index in [9.17, 15) is 0 Å². The van der Waals surface area contributed by atoms with Gasteiger partial charge >= 0.3 is 25.7 Å². The van der Waals surface area contributed by atoms with E-state index in [0.29, 0.717) is 0 Å². The van der Waals surface area contributed by atoms with Crippen molar-refractivity contribution in [3.05, 3.63) is 0 Å². The molecular formula is C8H24O4Si4. The second-order valence-electron chi connectivity index (χ2n) is 5.03. The van der Waals surface area contributed by atoms with Gasteiger partial charge in [-0.25, -0.2) is 0 Å². The Morgan fingerprint density at radius 3 is 1.88 bits per heavy atom. The summed E-state index contributed by atoms with van der Waals surface area (Å²) in [5.41, 5.74) is 0. The van der Waals surface area contributed by atoms with Gasteiger partial charge in [0.05, 0.1) is 0 Å². The van der Waals surface area contributed by atoms with Crippen molar-refractivity contribution < 1.29 is 16.5 Å². The lowest BCUT2D eigenvalue weighted by Gasteiger charge is -2.43. The fraction of sp³-hybridized carbons (Fsp3) is 1.00. The van der Waals surface area contributed by atoms with E-state index in [2.05, 4.69) is 40.0 Å². The Morgan fingerprint density at radius 1 is 0.812 bits per heavy atom. The first-order chi connectivity index (χ1) is 7.24. The van der Waals surface area contributed by atoms with Crippen molar-refractivity contribution in [1.29, 1.82) is 0 Å². The maximum absolute atomic E-state index is 6.32. The molecule has 0 amide bonds. The van der Waals surface area contributed by atoms with Gasteiger partial charge in [0, 0.05) is 0 Å². The molecule has 1 heterocycles. The quantitative estimate of drug-likeness (QED) is 0.730. The van der Waals surface area contributed by atoms with Gasteiger partial charge in [0.1, 0.15) is 0 Å². The number of rotatable bonds is 2. The van der Waals surface area contributed by atoms with Gasteiger partial charge in [-0.05, 0) is 38.3 Å². The second-order valence-corrected chi connectivity index (χ2v) is 18.0. The van der Waals surface area contributed by atoms with E-state index >= 15 is 0 Å². The Hall–Kier alpha value is 0.708. The molecule has 0 aromatic carbocycles. The van der Waals surface area contributed by atoms with E-state index in [1.54, 1.807) is 0 Å². The molecule has 0 aromatic rings. The Kier molecular flexibility index (Phi) is 4.75. The molecule has 0 spiro atoms. The third-order valence-corrected chi connectivity index (χ3v) is 18.1. The van der Waals surface area contributed by atoms with Gasteiger partial charge in [-0.1, -0.05) is 13.8 Å². The number of hydrogen-bond donors (Lipinski definition) is 0. The standard InChI is InChI=1S/C8H24O4Si4/c1-7-16(8-2)10-13-9-14(3,4)11-15(5,6)12-16/h7-8,13H2,1-6H3. The van der Waals surface area contributed by atoms with Gasteiger partial charge < -0.3 is 16.5 Å². The Morgan fingerprint density at radius 2 is 1.38 bits per heavy atom. The van der Waals surface area contributed by atoms with Crippen molar-refractivity contribution in [2.24, 2.45) is 0 Å². The molecule has 16 heavy (non-hydrogen) atoms. The van der Waals surface area contributed by atoms with E-state index in [1.807, 2.05) is 0 Å². The smallest absolute Gasteiger partial charge is 0.319 e. The van der Waals surface area contributed by atoms with Crippen molar-refractivity contribution in [3.63, 3.8) is 0 Å². The summed E-state index contributed by atoms with van der Waals surface area (Å²) in [6.07, 6.45) is 0. The molecule has 1 fully saturated rings. The van der Waals surface area contributed by atoms with Crippen LogP contribution in [-0.2, 0) is 16.5 Å². The predicted octanol–water partition coefficient (Wildman–Crippen LogP) is 1.95. The van der Waals surface area contributed by atoms with Crippen molar-refractivity contribution >= 4 is 35.7 Å². The first-order valence-corrected chi connectivity index (χ1v) is 14.9. The third-order valence-electron chi connectivity index (χ3n) is 2.73. The first-order valence-electron chi connectivity index (χ1n) is 5.92. The highest BCUT2D eigenvalue weighted by molar-refractivity contribution is 6.88. The van der Waals surface area contributed by atoms with Crippen LogP contribution in [0, 0.1) is 0 Å². The van der Waals surface area contributed by atoms with E-state index in [4.69, 9.17) is 16.5 Å². The molecule has 8 heteroatoms. The summed E-state index contributed by atoms with van der Waals surface area (Å²) in [5.74, 6) is 0. The third kappa shape index (κ3) is 3.87. The average Bonchev–Trinajstić information content (AvgIpc) is 2.12. The van der Waals surface area contributed by atoms with Crippen LogP contribution in [0.4, 0.5) is 0 Å². The summed E-state index contributed by atoms with van der Waals surface area (Å²) in [5, 5.41) is 0. The molecule has 0 aliphatic carbocycles. The lowest BCUT2D eigenvalue weighted by molar-refractivity contribution is 0.254.